The van der Waals surface area contributed by atoms with E-state index in [2.05, 4.69) is 22.3 Å². The molecule has 0 radical (unpaired) electrons. The standard InChI is InChI=1S/C20H25N3O3/c24-19(9-8-15-4-2-1-3-5-15)23-12-17(13-23)20-21-18(22-26-20)10-11-25-14-16-6-7-16/h1-5,16-17H,6-14H2. The molecule has 0 atom stereocenters. The first kappa shape index (κ1) is 17.2. The summed E-state index contributed by atoms with van der Waals surface area (Å²) in [5.74, 6) is 2.48. The number of rotatable bonds is 9. The molecule has 6 nitrogen and oxygen atoms in total. The minimum Gasteiger partial charge on any atom is -0.381 e. The lowest BCUT2D eigenvalue weighted by molar-refractivity contribution is -0.135. The molecule has 2 heterocycles. The summed E-state index contributed by atoms with van der Waals surface area (Å²) >= 11 is 0. The predicted octanol–water partition coefficient (Wildman–Crippen LogP) is 2.60. The van der Waals surface area contributed by atoms with Crippen molar-refractivity contribution in [2.45, 2.75) is 38.0 Å². The lowest BCUT2D eigenvalue weighted by atomic mass is 9.99. The smallest absolute Gasteiger partial charge is 0.233 e. The van der Waals surface area contributed by atoms with E-state index in [-0.39, 0.29) is 11.8 Å². The minimum absolute atomic E-state index is 0.171. The van der Waals surface area contributed by atoms with Crippen molar-refractivity contribution in [2.75, 3.05) is 26.3 Å². The number of hydrogen-bond acceptors (Lipinski definition) is 5. The number of aromatic nitrogens is 2. The van der Waals surface area contributed by atoms with Gasteiger partial charge in [-0.25, -0.2) is 0 Å². The Labute approximate surface area is 153 Å². The highest BCUT2D eigenvalue weighted by Gasteiger charge is 2.35. The quantitative estimate of drug-likeness (QED) is 0.647. The number of amides is 1. The topological polar surface area (TPSA) is 68.5 Å². The fraction of sp³-hybridized carbons (Fsp3) is 0.550. The number of benzene rings is 1. The fourth-order valence-corrected chi connectivity index (χ4v) is 3.13. The van der Waals surface area contributed by atoms with E-state index in [1.165, 1.54) is 18.4 Å². The summed E-state index contributed by atoms with van der Waals surface area (Å²) in [5, 5.41) is 4.03. The van der Waals surface area contributed by atoms with Crippen LogP contribution in [0.15, 0.2) is 34.9 Å². The Bertz CT molecular complexity index is 721. The highest BCUT2D eigenvalue weighted by molar-refractivity contribution is 5.77. The van der Waals surface area contributed by atoms with Gasteiger partial charge in [-0.1, -0.05) is 35.5 Å². The van der Waals surface area contributed by atoms with Crippen LogP contribution in [0, 0.1) is 5.92 Å². The predicted molar refractivity (Wildman–Crippen MR) is 95.6 cm³/mol. The van der Waals surface area contributed by atoms with Crippen LogP contribution in [0.5, 0.6) is 0 Å². The Morgan fingerprint density at radius 1 is 1.19 bits per heavy atom. The van der Waals surface area contributed by atoms with Crippen LogP contribution in [0.25, 0.3) is 0 Å². The molecule has 138 valence electrons. The SMILES string of the molecule is O=C(CCc1ccccc1)N1CC(c2nc(CCOCC3CC3)no2)C1. The van der Waals surface area contributed by atoms with Gasteiger partial charge in [-0.2, -0.15) is 4.98 Å². The highest BCUT2D eigenvalue weighted by Crippen LogP contribution is 2.29. The molecule has 26 heavy (non-hydrogen) atoms. The molecule has 0 bridgehead atoms. The van der Waals surface area contributed by atoms with E-state index in [0.717, 1.165) is 18.9 Å². The Hall–Kier alpha value is -2.21. The fourth-order valence-electron chi connectivity index (χ4n) is 3.13. The molecule has 1 aromatic carbocycles. The van der Waals surface area contributed by atoms with E-state index in [0.29, 0.717) is 44.3 Å². The van der Waals surface area contributed by atoms with Gasteiger partial charge in [0.05, 0.1) is 12.5 Å². The summed E-state index contributed by atoms with van der Waals surface area (Å²) in [7, 11) is 0. The molecule has 1 amide bonds. The van der Waals surface area contributed by atoms with Gasteiger partial charge in [-0.05, 0) is 30.7 Å². The van der Waals surface area contributed by atoms with Gasteiger partial charge in [-0.15, -0.1) is 0 Å². The monoisotopic (exact) mass is 355 g/mol. The number of nitrogens with zero attached hydrogens (tertiary/aromatic N) is 3. The van der Waals surface area contributed by atoms with Crippen LogP contribution in [0.3, 0.4) is 0 Å². The summed E-state index contributed by atoms with van der Waals surface area (Å²) < 4.78 is 11.0. The summed E-state index contributed by atoms with van der Waals surface area (Å²) in [4.78, 5) is 18.6. The van der Waals surface area contributed by atoms with Crippen molar-refractivity contribution in [3.05, 3.63) is 47.6 Å². The second-order valence-electron chi connectivity index (χ2n) is 7.30. The van der Waals surface area contributed by atoms with E-state index in [9.17, 15) is 4.79 Å². The van der Waals surface area contributed by atoms with Gasteiger partial charge in [0.15, 0.2) is 5.82 Å². The molecule has 1 saturated heterocycles. The third-order valence-corrected chi connectivity index (χ3v) is 5.06. The summed E-state index contributed by atoms with van der Waals surface area (Å²) in [5.41, 5.74) is 1.20. The van der Waals surface area contributed by atoms with Crippen molar-refractivity contribution < 1.29 is 14.1 Å². The Balaban J connectivity index is 1.16. The molecule has 2 aliphatic rings. The van der Waals surface area contributed by atoms with Gasteiger partial charge in [0, 0.05) is 32.5 Å². The van der Waals surface area contributed by atoms with Gasteiger partial charge in [0.1, 0.15) is 0 Å². The maximum Gasteiger partial charge on any atom is 0.233 e. The van der Waals surface area contributed by atoms with Crippen molar-refractivity contribution >= 4 is 5.91 Å². The largest absolute Gasteiger partial charge is 0.381 e. The molecule has 4 rings (SSSR count). The Kier molecular flexibility index (Phi) is 5.29. The molecule has 1 saturated carbocycles. The molecular weight excluding hydrogens is 330 g/mol. The molecule has 2 fully saturated rings. The summed E-state index contributed by atoms with van der Waals surface area (Å²) in [6, 6.07) is 10.1. The Morgan fingerprint density at radius 2 is 2.00 bits per heavy atom. The van der Waals surface area contributed by atoms with Crippen LogP contribution in [-0.4, -0.2) is 47.3 Å². The van der Waals surface area contributed by atoms with E-state index in [4.69, 9.17) is 9.26 Å². The molecule has 0 N–H and O–H groups in total. The van der Waals surface area contributed by atoms with Crippen LogP contribution in [0.1, 0.15) is 42.5 Å². The number of carbonyl (C=O) groups is 1. The Morgan fingerprint density at radius 3 is 2.77 bits per heavy atom. The minimum atomic E-state index is 0.171. The number of ether oxygens (including phenoxy) is 1. The molecular formula is C20H25N3O3. The van der Waals surface area contributed by atoms with E-state index < -0.39 is 0 Å². The van der Waals surface area contributed by atoms with Crippen molar-refractivity contribution in [3.63, 3.8) is 0 Å². The van der Waals surface area contributed by atoms with Crippen LogP contribution in [-0.2, 0) is 22.4 Å². The van der Waals surface area contributed by atoms with Crippen molar-refractivity contribution in [1.29, 1.82) is 0 Å². The lowest BCUT2D eigenvalue weighted by Gasteiger charge is -2.37. The van der Waals surface area contributed by atoms with Crippen molar-refractivity contribution in [2.24, 2.45) is 5.92 Å². The average Bonchev–Trinajstić information content (AvgIpc) is 3.34. The molecule has 1 aliphatic heterocycles. The van der Waals surface area contributed by atoms with Gasteiger partial charge < -0.3 is 14.2 Å². The van der Waals surface area contributed by atoms with Gasteiger partial charge in [-0.3, -0.25) is 4.79 Å². The zero-order valence-corrected chi connectivity index (χ0v) is 15.0. The number of likely N-dealkylation sites (tertiary alicyclic amines) is 1. The zero-order valence-electron chi connectivity index (χ0n) is 15.0. The zero-order chi connectivity index (χ0) is 17.8. The average molecular weight is 355 g/mol. The number of aryl methyl sites for hydroxylation is 1. The first-order valence-electron chi connectivity index (χ1n) is 9.50. The number of carbonyl (C=O) groups excluding carboxylic acids is 1. The number of hydrogen-bond donors (Lipinski definition) is 0. The lowest BCUT2D eigenvalue weighted by Crippen LogP contribution is -2.48. The molecule has 6 heteroatoms. The summed E-state index contributed by atoms with van der Waals surface area (Å²) in [6.45, 7) is 2.85. The van der Waals surface area contributed by atoms with E-state index in [1.54, 1.807) is 0 Å². The van der Waals surface area contributed by atoms with E-state index in [1.807, 2.05) is 23.1 Å². The first-order valence-corrected chi connectivity index (χ1v) is 9.50. The van der Waals surface area contributed by atoms with Crippen LogP contribution in [0.4, 0.5) is 0 Å². The van der Waals surface area contributed by atoms with Crippen molar-refractivity contribution in [3.8, 4) is 0 Å². The van der Waals surface area contributed by atoms with Crippen molar-refractivity contribution in [1.82, 2.24) is 15.0 Å². The van der Waals surface area contributed by atoms with E-state index >= 15 is 0 Å². The molecule has 0 unspecified atom stereocenters. The van der Waals surface area contributed by atoms with Crippen LogP contribution < -0.4 is 0 Å². The third kappa shape index (κ3) is 4.49. The summed E-state index contributed by atoms with van der Waals surface area (Å²) in [6.07, 6.45) is 4.61. The molecule has 2 aromatic rings. The van der Waals surface area contributed by atoms with Gasteiger partial charge in [0.25, 0.3) is 0 Å². The highest BCUT2D eigenvalue weighted by atomic mass is 16.5. The maximum absolute atomic E-state index is 12.3. The maximum atomic E-state index is 12.3. The van der Waals surface area contributed by atoms with Gasteiger partial charge >= 0.3 is 0 Å². The third-order valence-electron chi connectivity index (χ3n) is 5.06. The van der Waals surface area contributed by atoms with Crippen LogP contribution >= 0.6 is 0 Å². The van der Waals surface area contributed by atoms with Crippen LogP contribution in [0.2, 0.25) is 0 Å². The molecule has 1 aromatic heterocycles. The first-order chi connectivity index (χ1) is 12.8. The second-order valence-corrected chi connectivity index (χ2v) is 7.30. The molecule has 0 spiro atoms. The second kappa shape index (κ2) is 7.99. The normalized spacial score (nSPS) is 17.3. The molecule has 1 aliphatic carbocycles. The van der Waals surface area contributed by atoms with Gasteiger partial charge in [0.2, 0.25) is 11.8 Å².